The van der Waals surface area contributed by atoms with E-state index in [0.29, 0.717) is 37.0 Å². The Bertz CT molecular complexity index is 868. The number of amidine groups is 1. The van der Waals surface area contributed by atoms with Gasteiger partial charge in [0.2, 0.25) is 5.96 Å². The van der Waals surface area contributed by atoms with Gasteiger partial charge < -0.3 is 9.80 Å². The van der Waals surface area contributed by atoms with Crippen molar-refractivity contribution in [2.75, 3.05) is 39.8 Å². The highest BCUT2D eigenvalue weighted by molar-refractivity contribution is 6.32. The third-order valence-corrected chi connectivity index (χ3v) is 5.07. The zero-order valence-electron chi connectivity index (χ0n) is 14.9. The Hall–Kier alpha value is -2.13. The summed E-state index contributed by atoms with van der Waals surface area (Å²) < 4.78 is 39.9. The summed E-state index contributed by atoms with van der Waals surface area (Å²) in [4.78, 5) is 13.3. The molecule has 0 aromatic heterocycles. The van der Waals surface area contributed by atoms with Gasteiger partial charge in [0.25, 0.3) is 0 Å². The third-order valence-electron chi connectivity index (χ3n) is 4.76. The molecule has 0 atom stereocenters. The van der Waals surface area contributed by atoms with Gasteiger partial charge in [-0.1, -0.05) is 11.6 Å². The molecule has 144 valence electrons. The van der Waals surface area contributed by atoms with Gasteiger partial charge in [-0.15, -0.1) is 0 Å². The molecule has 0 N–H and O–H groups in total. The molecule has 3 aliphatic heterocycles. The molecule has 0 amide bonds. The van der Waals surface area contributed by atoms with Crippen LogP contribution in [-0.2, 0) is 6.18 Å². The number of rotatable bonds is 0. The molecule has 10 heteroatoms. The number of alkyl halides is 3. The number of halogens is 4. The van der Waals surface area contributed by atoms with Crippen molar-refractivity contribution in [1.29, 1.82) is 0 Å². The molecule has 0 bridgehead atoms. The molecular weight excluding hydrogens is 381 g/mol. The van der Waals surface area contributed by atoms with E-state index in [-0.39, 0.29) is 10.7 Å². The van der Waals surface area contributed by atoms with Crippen LogP contribution in [0.1, 0.15) is 18.1 Å². The van der Waals surface area contributed by atoms with Crippen molar-refractivity contribution in [2.45, 2.75) is 13.1 Å². The average molecular weight is 399 g/mol. The summed E-state index contributed by atoms with van der Waals surface area (Å²) in [5.41, 5.74) is 0.587. The van der Waals surface area contributed by atoms with E-state index in [9.17, 15) is 13.2 Å². The number of hydrogen-bond donors (Lipinski definition) is 0. The van der Waals surface area contributed by atoms with Gasteiger partial charge in [-0.25, -0.2) is 4.99 Å². The first-order valence-corrected chi connectivity index (χ1v) is 8.94. The minimum absolute atomic E-state index is 0.213. The predicted octanol–water partition coefficient (Wildman–Crippen LogP) is 3.05. The Morgan fingerprint density at radius 1 is 1.11 bits per heavy atom. The zero-order valence-corrected chi connectivity index (χ0v) is 15.6. The van der Waals surface area contributed by atoms with Gasteiger partial charge in [0, 0.05) is 31.7 Å². The summed E-state index contributed by atoms with van der Waals surface area (Å²) in [6, 6.07) is 2.28. The fourth-order valence-electron chi connectivity index (χ4n) is 3.26. The molecule has 0 saturated carbocycles. The largest absolute Gasteiger partial charge is 0.417 e. The molecule has 1 saturated heterocycles. The van der Waals surface area contributed by atoms with Gasteiger partial charge in [-0.05, 0) is 26.1 Å². The van der Waals surface area contributed by atoms with Crippen molar-refractivity contribution >= 4 is 34.8 Å². The van der Waals surface area contributed by atoms with Crippen LogP contribution < -0.4 is 0 Å². The van der Waals surface area contributed by atoms with Gasteiger partial charge in [0.15, 0.2) is 5.84 Å². The second kappa shape index (κ2) is 6.49. The fourth-order valence-corrected chi connectivity index (χ4v) is 3.53. The summed E-state index contributed by atoms with van der Waals surface area (Å²) >= 11 is 5.91. The Labute approximate surface area is 159 Å². The lowest BCUT2D eigenvalue weighted by Gasteiger charge is -2.40. The van der Waals surface area contributed by atoms with Crippen LogP contribution in [-0.4, -0.2) is 72.1 Å². The molecule has 27 heavy (non-hydrogen) atoms. The SMILES string of the molecule is CC1=NN2C(=NC1)c1cc(Cl)c(C(F)(F)F)cc1N=C2N1CCN(C)CC1. The molecule has 0 unspecified atom stereocenters. The van der Waals surface area contributed by atoms with Crippen molar-refractivity contribution in [2.24, 2.45) is 15.1 Å². The van der Waals surface area contributed by atoms with Crippen molar-refractivity contribution in [1.82, 2.24) is 14.8 Å². The maximum absolute atomic E-state index is 13.3. The first kappa shape index (κ1) is 18.2. The maximum atomic E-state index is 13.3. The molecule has 0 radical (unpaired) electrons. The smallest absolute Gasteiger partial charge is 0.338 e. The van der Waals surface area contributed by atoms with Crippen molar-refractivity contribution in [3.63, 3.8) is 0 Å². The van der Waals surface area contributed by atoms with Crippen LogP contribution in [0.2, 0.25) is 5.02 Å². The lowest BCUT2D eigenvalue weighted by Crippen LogP contribution is -2.54. The van der Waals surface area contributed by atoms with Crippen molar-refractivity contribution < 1.29 is 13.2 Å². The summed E-state index contributed by atoms with van der Waals surface area (Å²) in [6.07, 6.45) is -4.55. The van der Waals surface area contributed by atoms with E-state index in [1.165, 1.54) is 6.07 Å². The molecule has 4 rings (SSSR count). The van der Waals surface area contributed by atoms with E-state index in [2.05, 4.69) is 20.0 Å². The molecular formula is C17H18ClF3N6. The molecule has 1 aromatic rings. The second-order valence-electron chi connectivity index (χ2n) is 6.84. The molecule has 1 fully saturated rings. The van der Waals surface area contributed by atoms with Crippen LogP contribution in [0.15, 0.2) is 27.2 Å². The standard InChI is InChI=1S/C17H18ClF3N6/c1-10-9-22-15-11-7-13(18)12(17(19,20)21)8-14(11)23-16(27(15)24-10)26-5-3-25(2)4-6-26/h7-8H,3-6,9H2,1-2H3. The topological polar surface area (TPSA) is 46.8 Å². The maximum Gasteiger partial charge on any atom is 0.417 e. The Morgan fingerprint density at radius 3 is 2.48 bits per heavy atom. The van der Waals surface area contributed by atoms with E-state index in [4.69, 9.17) is 11.6 Å². The highest BCUT2D eigenvalue weighted by Gasteiger charge is 2.38. The van der Waals surface area contributed by atoms with E-state index in [1.54, 1.807) is 5.01 Å². The van der Waals surface area contributed by atoms with Crippen LogP contribution in [0.5, 0.6) is 0 Å². The molecule has 0 aliphatic carbocycles. The Kier molecular flexibility index (Phi) is 4.38. The second-order valence-corrected chi connectivity index (χ2v) is 7.24. The quantitative estimate of drug-likeness (QED) is 0.675. The predicted molar refractivity (Wildman–Crippen MR) is 99.0 cm³/mol. The molecule has 0 spiro atoms. The van der Waals surface area contributed by atoms with Gasteiger partial charge in [0.1, 0.15) is 0 Å². The van der Waals surface area contributed by atoms with Gasteiger partial charge in [0.05, 0.1) is 28.5 Å². The first-order chi connectivity index (χ1) is 12.7. The first-order valence-electron chi connectivity index (χ1n) is 8.56. The minimum atomic E-state index is -4.55. The number of nitrogens with zero attached hydrogens (tertiary/aromatic N) is 6. The Balaban J connectivity index is 1.84. The number of fused-ring (bicyclic) bond motifs is 3. The van der Waals surface area contributed by atoms with Crippen LogP contribution in [0.4, 0.5) is 18.9 Å². The summed E-state index contributed by atoms with van der Waals surface area (Å²) in [7, 11) is 2.03. The van der Waals surface area contributed by atoms with Gasteiger partial charge in [-0.3, -0.25) is 4.99 Å². The number of hydrogen-bond acceptors (Lipinski definition) is 6. The summed E-state index contributed by atoms with van der Waals surface area (Å²) in [5.74, 6) is 0.985. The molecule has 3 heterocycles. The number of benzene rings is 1. The fraction of sp³-hybridized carbons (Fsp3) is 0.471. The number of hydrazone groups is 1. The molecule has 3 aliphatic rings. The van der Waals surface area contributed by atoms with Crippen LogP contribution in [0, 0.1) is 0 Å². The summed E-state index contributed by atoms with van der Waals surface area (Å²) in [5, 5.41) is 5.80. The third kappa shape index (κ3) is 3.29. The van der Waals surface area contributed by atoms with Crippen LogP contribution in [0.25, 0.3) is 0 Å². The van der Waals surface area contributed by atoms with Crippen LogP contribution >= 0.6 is 11.6 Å². The number of likely N-dealkylation sites (N-methyl/N-ethyl adjacent to an activating group) is 1. The monoisotopic (exact) mass is 398 g/mol. The number of guanidine groups is 1. The van der Waals surface area contributed by atoms with Gasteiger partial charge in [-0.2, -0.15) is 23.3 Å². The summed E-state index contributed by atoms with van der Waals surface area (Å²) in [6.45, 7) is 5.34. The Morgan fingerprint density at radius 2 is 1.81 bits per heavy atom. The van der Waals surface area contributed by atoms with Crippen molar-refractivity contribution in [3.05, 3.63) is 28.3 Å². The highest BCUT2D eigenvalue weighted by Crippen LogP contribution is 2.40. The molecule has 6 nitrogen and oxygen atoms in total. The van der Waals surface area contributed by atoms with E-state index in [0.717, 1.165) is 24.9 Å². The van der Waals surface area contributed by atoms with E-state index >= 15 is 0 Å². The lowest BCUT2D eigenvalue weighted by atomic mass is 10.1. The van der Waals surface area contributed by atoms with Crippen LogP contribution in [0.3, 0.4) is 0 Å². The van der Waals surface area contributed by atoms with E-state index < -0.39 is 11.7 Å². The highest BCUT2D eigenvalue weighted by atomic mass is 35.5. The number of piperazine rings is 1. The number of aliphatic imine (C=N–C) groups is 2. The molecule has 1 aromatic carbocycles. The minimum Gasteiger partial charge on any atom is -0.338 e. The zero-order chi connectivity index (χ0) is 19.3. The normalized spacial score (nSPS) is 20.6. The average Bonchev–Trinajstić information content (AvgIpc) is 2.60. The van der Waals surface area contributed by atoms with Crippen molar-refractivity contribution in [3.8, 4) is 0 Å². The van der Waals surface area contributed by atoms with E-state index in [1.807, 2.05) is 18.9 Å². The lowest BCUT2D eigenvalue weighted by molar-refractivity contribution is -0.137. The van der Waals surface area contributed by atoms with Gasteiger partial charge >= 0.3 is 6.18 Å².